The molecule has 0 aliphatic heterocycles. The van der Waals surface area contributed by atoms with Crippen LogP contribution in [0.5, 0.6) is 0 Å². The van der Waals surface area contributed by atoms with Crippen LogP contribution in [0.1, 0.15) is 31.0 Å². The first-order valence-corrected chi connectivity index (χ1v) is 11.3. The van der Waals surface area contributed by atoms with E-state index in [4.69, 9.17) is 10.3 Å². The molecule has 0 spiro atoms. The lowest BCUT2D eigenvalue weighted by atomic mass is 10.1. The molecule has 0 aliphatic rings. The fourth-order valence-electron chi connectivity index (χ4n) is 2.40. The maximum atomic E-state index is 12.6. The smallest absolute Gasteiger partial charge is 0.296 e. The number of carbonyl (C=O) groups excluding carboxylic acids is 3. The van der Waals surface area contributed by atoms with Crippen LogP contribution in [0.25, 0.3) is 10.7 Å². The van der Waals surface area contributed by atoms with Gasteiger partial charge in [-0.3, -0.25) is 14.4 Å². The average molecular weight is 442 g/mol. The Morgan fingerprint density at radius 1 is 1.34 bits per heavy atom. The minimum Gasteiger partial charge on any atom is -0.370 e. The number of hydrogen-bond donors (Lipinski definition) is 2. The van der Waals surface area contributed by atoms with E-state index in [9.17, 15) is 22.8 Å². The van der Waals surface area contributed by atoms with Crippen molar-refractivity contribution < 1.29 is 27.3 Å². The molecule has 0 aromatic carbocycles. The lowest BCUT2D eigenvalue weighted by molar-refractivity contribution is -0.119. The minimum absolute atomic E-state index is 0.0755. The number of nitrogens with zero attached hydrogens (tertiary/aromatic N) is 2. The zero-order chi connectivity index (χ0) is 21.6. The predicted octanol–water partition coefficient (Wildman–Crippen LogP) is 0.616. The molecule has 2 rings (SSSR count). The van der Waals surface area contributed by atoms with Crippen molar-refractivity contribution >= 4 is 38.8 Å². The first-order chi connectivity index (χ1) is 13.6. The maximum Gasteiger partial charge on any atom is 0.296 e. The summed E-state index contributed by atoms with van der Waals surface area (Å²) in [6.07, 6.45) is 0.401. The number of ketones is 1. The van der Waals surface area contributed by atoms with Crippen LogP contribution in [0, 0.1) is 12.3 Å². The van der Waals surface area contributed by atoms with Crippen LogP contribution in [0.2, 0.25) is 0 Å². The van der Waals surface area contributed by atoms with Gasteiger partial charge in [0.25, 0.3) is 5.89 Å². The molecule has 10 nitrogen and oxygen atoms in total. The van der Waals surface area contributed by atoms with E-state index >= 15 is 0 Å². The molecule has 0 bridgehead atoms. The van der Waals surface area contributed by atoms with Crippen LogP contribution >= 0.6 is 11.3 Å². The fraction of sp³-hybridized carbons (Fsp3) is 0.412. The number of primary amides is 1. The molecule has 2 amide bonds. The molecule has 0 fully saturated rings. The number of hydrogen-bond acceptors (Lipinski definition) is 9. The van der Waals surface area contributed by atoms with Gasteiger partial charge in [-0.05, 0) is 17.4 Å². The summed E-state index contributed by atoms with van der Waals surface area (Å²) in [6, 6.07) is 2.15. The lowest BCUT2D eigenvalue weighted by Crippen LogP contribution is -2.44. The van der Waals surface area contributed by atoms with Crippen LogP contribution < -0.4 is 11.1 Å². The number of nitrogens with two attached hydrogens (primary N) is 1. The Bertz CT molecular complexity index is 966. The standard InChI is InChI=1S/C17H21N4O6S2/c1-10(2)9-29(25,26)7-5-14(23)19-11(8-13(18)22)15(24)17-20-16(21-27-17)12-4-3-6-28-12/h3-6,10-11H,7-9H2,1-2H3,(H2,18,22)(H,19,23). The van der Waals surface area contributed by atoms with Crippen molar-refractivity contribution in [3.63, 3.8) is 0 Å². The highest BCUT2D eigenvalue weighted by molar-refractivity contribution is 7.91. The van der Waals surface area contributed by atoms with Gasteiger partial charge in [0.2, 0.25) is 23.4 Å². The fourth-order valence-corrected chi connectivity index (χ4v) is 4.60. The summed E-state index contributed by atoms with van der Waals surface area (Å²) in [5, 5.41) is 7.78. The van der Waals surface area contributed by atoms with Gasteiger partial charge in [0.1, 0.15) is 6.04 Å². The second-order valence-corrected chi connectivity index (χ2v) is 9.77. The van der Waals surface area contributed by atoms with Gasteiger partial charge < -0.3 is 15.6 Å². The molecular formula is C17H21N4O6S2. The summed E-state index contributed by atoms with van der Waals surface area (Å²) < 4.78 is 28.7. The number of sulfone groups is 1. The summed E-state index contributed by atoms with van der Waals surface area (Å²) in [5.41, 5.74) is 5.15. The van der Waals surface area contributed by atoms with Crippen molar-refractivity contribution in [3.8, 4) is 10.7 Å². The van der Waals surface area contributed by atoms with E-state index in [1.165, 1.54) is 11.3 Å². The van der Waals surface area contributed by atoms with E-state index in [1.807, 2.05) is 0 Å². The highest BCUT2D eigenvalue weighted by Crippen LogP contribution is 2.21. The molecule has 2 aromatic heterocycles. The maximum absolute atomic E-state index is 12.6. The zero-order valence-corrected chi connectivity index (χ0v) is 17.5. The predicted molar refractivity (Wildman–Crippen MR) is 105 cm³/mol. The van der Waals surface area contributed by atoms with E-state index < -0.39 is 51.5 Å². The zero-order valence-electron chi connectivity index (χ0n) is 15.8. The normalized spacial score (nSPS) is 12.7. The SMILES string of the molecule is CC(C)CS(=O)(=O)C[CH]C(=O)NC(CC(N)=O)C(=O)c1nc(-c2cccs2)no1. The lowest BCUT2D eigenvalue weighted by Gasteiger charge is -2.14. The Labute approximate surface area is 171 Å². The Kier molecular flexibility index (Phi) is 7.62. The Hall–Kier alpha value is -2.60. The number of amides is 2. The molecule has 2 aromatic rings. The first-order valence-electron chi connectivity index (χ1n) is 8.61. The van der Waals surface area contributed by atoms with Crippen LogP contribution in [0.4, 0.5) is 0 Å². The molecule has 12 heteroatoms. The molecular weight excluding hydrogens is 420 g/mol. The van der Waals surface area contributed by atoms with Crippen LogP contribution in [0.15, 0.2) is 22.0 Å². The minimum atomic E-state index is -3.46. The number of carbonyl (C=O) groups is 3. The highest BCUT2D eigenvalue weighted by atomic mass is 32.2. The van der Waals surface area contributed by atoms with Crippen molar-refractivity contribution in [1.29, 1.82) is 0 Å². The topological polar surface area (TPSA) is 162 Å². The molecule has 2 heterocycles. The van der Waals surface area contributed by atoms with Gasteiger partial charge in [0, 0.05) is 0 Å². The molecule has 3 N–H and O–H groups in total. The van der Waals surface area contributed by atoms with Crippen LogP contribution in [-0.4, -0.2) is 53.7 Å². The molecule has 0 saturated heterocycles. The molecule has 1 radical (unpaired) electrons. The molecule has 0 saturated carbocycles. The van der Waals surface area contributed by atoms with Crippen molar-refractivity contribution in [2.24, 2.45) is 11.7 Å². The summed E-state index contributed by atoms with van der Waals surface area (Å²) in [7, 11) is -3.46. The third-order valence-electron chi connectivity index (χ3n) is 3.53. The van der Waals surface area contributed by atoms with E-state index in [1.54, 1.807) is 31.4 Å². The third-order valence-corrected chi connectivity index (χ3v) is 6.24. The Balaban J connectivity index is 2.06. The van der Waals surface area contributed by atoms with Gasteiger partial charge in [-0.2, -0.15) is 4.98 Å². The van der Waals surface area contributed by atoms with Crippen LogP contribution in [0.3, 0.4) is 0 Å². The second-order valence-electron chi connectivity index (χ2n) is 6.67. The molecule has 157 valence electrons. The van der Waals surface area contributed by atoms with Crippen molar-refractivity contribution in [3.05, 3.63) is 29.8 Å². The average Bonchev–Trinajstić information content (AvgIpc) is 3.28. The van der Waals surface area contributed by atoms with Crippen LogP contribution in [-0.2, 0) is 19.4 Å². The van der Waals surface area contributed by atoms with Gasteiger partial charge in [0.15, 0.2) is 9.84 Å². The Morgan fingerprint density at radius 3 is 2.66 bits per heavy atom. The number of Topliss-reactive ketones (excluding diaryl/α,β-unsaturated/α-hetero) is 1. The van der Waals surface area contributed by atoms with E-state index in [2.05, 4.69) is 15.5 Å². The molecule has 29 heavy (non-hydrogen) atoms. The second kappa shape index (κ2) is 9.74. The number of rotatable bonds is 11. The summed E-state index contributed by atoms with van der Waals surface area (Å²) >= 11 is 1.34. The number of nitrogens with one attached hydrogen (secondary N) is 1. The van der Waals surface area contributed by atoms with Crippen molar-refractivity contribution in [2.75, 3.05) is 11.5 Å². The summed E-state index contributed by atoms with van der Waals surface area (Å²) in [6.45, 7) is 3.49. The highest BCUT2D eigenvalue weighted by Gasteiger charge is 2.29. The first kappa shape index (κ1) is 22.7. The van der Waals surface area contributed by atoms with Gasteiger partial charge in [0.05, 0.1) is 29.2 Å². The summed E-state index contributed by atoms with van der Waals surface area (Å²) in [5.74, 6) is -3.32. The van der Waals surface area contributed by atoms with Gasteiger partial charge in [-0.15, -0.1) is 11.3 Å². The van der Waals surface area contributed by atoms with E-state index in [0.717, 1.165) is 6.42 Å². The van der Waals surface area contributed by atoms with Crippen molar-refractivity contribution in [1.82, 2.24) is 15.5 Å². The monoisotopic (exact) mass is 441 g/mol. The molecule has 1 unspecified atom stereocenters. The van der Waals surface area contributed by atoms with Gasteiger partial charge >= 0.3 is 0 Å². The van der Waals surface area contributed by atoms with Gasteiger partial charge in [-0.1, -0.05) is 25.1 Å². The molecule has 1 atom stereocenters. The van der Waals surface area contributed by atoms with Crippen molar-refractivity contribution in [2.45, 2.75) is 26.3 Å². The van der Waals surface area contributed by atoms with Gasteiger partial charge in [-0.25, -0.2) is 8.42 Å². The van der Waals surface area contributed by atoms with E-state index in [0.29, 0.717) is 4.88 Å². The molecule has 0 aliphatic carbocycles. The number of aromatic nitrogens is 2. The number of thiophene rings is 1. The van der Waals surface area contributed by atoms with E-state index in [-0.39, 0.29) is 17.5 Å². The Morgan fingerprint density at radius 2 is 2.07 bits per heavy atom. The largest absolute Gasteiger partial charge is 0.370 e. The quantitative estimate of drug-likeness (QED) is 0.479. The third kappa shape index (κ3) is 7.06. The summed E-state index contributed by atoms with van der Waals surface area (Å²) in [4.78, 5) is 40.7.